The Kier molecular flexibility index (Phi) is 4.22. The second kappa shape index (κ2) is 5.56. The van der Waals surface area contributed by atoms with Gasteiger partial charge in [0.2, 0.25) is 0 Å². The van der Waals surface area contributed by atoms with E-state index in [0.29, 0.717) is 21.6 Å². The van der Waals surface area contributed by atoms with Gasteiger partial charge < -0.3 is 5.32 Å². The Labute approximate surface area is 120 Å². The van der Waals surface area contributed by atoms with Crippen LogP contribution in [-0.4, -0.2) is 17.2 Å². The molecule has 0 spiro atoms. The van der Waals surface area contributed by atoms with Crippen LogP contribution in [0.4, 0.5) is 13.2 Å². The molecule has 3 nitrogen and oxygen atoms in total. The molecule has 1 N–H and O–H groups in total. The molecule has 0 bridgehead atoms. The molecule has 0 saturated carbocycles. The largest absolute Gasteiger partial charge is 0.416 e. The van der Waals surface area contributed by atoms with Gasteiger partial charge in [-0.1, -0.05) is 27.3 Å². The van der Waals surface area contributed by atoms with Gasteiger partial charge >= 0.3 is 6.18 Å². The highest BCUT2D eigenvalue weighted by molar-refractivity contribution is 9.10. The molecule has 19 heavy (non-hydrogen) atoms. The number of rotatable bonds is 3. The van der Waals surface area contributed by atoms with Gasteiger partial charge in [-0.2, -0.15) is 13.2 Å². The second-order valence-corrected chi connectivity index (χ2v) is 5.64. The van der Waals surface area contributed by atoms with Crippen LogP contribution < -0.4 is 5.32 Å². The van der Waals surface area contributed by atoms with E-state index in [4.69, 9.17) is 0 Å². The summed E-state index contributed by atoms with van der Waals surface area (Å²) in [5.41, 5.74) is -0.300. The Morgan fingerprint density at radius 1 is 1.32 bits per heavy atom. The molecule has 2 rings (SSSR count). The van der Waals surface area contributed by atoms with Crippen molar-refractivity contribution in [1.82, 2.24) is 15.5 Å². The first-order chi connectivity index (χ1) is 8.91. The molecule has 0 aliphatic carbocycles. The van der Waals surface area contributed by atoms with Gasteiger partial charge in [0.15, 0.2) is 0 Å². The molecule has 0 fully saturated rings. The Balaban J connectivity index is 2.42. The fourth-order valence-corrected chi connectivity index (χ4v) is 2.90. The lowest BCUT2D eigenvalue weighted by Gasteiger charge is -2.08. The zero-order valence-electron chi connectivity index (χ0n) is 9.75. The first kappa shape index (κ1) is 14.4. The molecule has 0 aliphatic heterocycles. The predicted octanol–water partition coefficient (Wildman–Crippen LogP) is 3.71. The summed E-state index contributed by atoms with van der Waals surface area (Å²) in [6.45, 7) is 0.536. The predicted molar refractivity (Wildman–Crippen MR) is 70.8 cm³/mol. The monoisotopic (exact) mass is 351 g/mol. The van der Waals surface area contributed by atoms with E-state index in [9.17, 15) is 13.2 Å². The Bertz CT molecular complexity index is 583. The molecule has 0 unspecified atom stereocenters. The SMILES string of the molecule is CNCc1nnc(-c2cc(C(F)(F)F)ccc2Br)s1. The van der Waals surface area contributed by atoms with Crippen LogP contribution in [0.15, 0.2) is 22.7 Å². The summed E-state index contributed by atoms with van der Waals surface area (Å²) in [7, 11) is 1.77. The minimum Gasteiger partial charge on any atom is -0.313 e. The molecule has 0 amide bonds. The summed E-state index contributed by atoms with van der Waals surface area (Å²) in [5, 5.41) is 11.9. The van der Waals surface area contributed by atoms with Gasteiger partial charge in [-0.05, 0) is 25.2 Å². The van der Waals surface area contributed by atoms with Crippen LogP contribution in [0.3, 0.4) is 0 Å². The lowest BCUT2D eigenvalue weighted by molar-refractivity contribution is -0.137. The van der Waals surface area contributed by atoms with E-state index in [1.54, 1.807) is 7.05 Å². The highest BCUT2D eigenvalue weighted by Gasteiger charge is 2.31. The van der Waals surface area contributed by atoms with E-state index in [2.05, 4.69) is 31.4 Å². The van der Waals surface area contributed by atoms with Crippen molar-refractivity contribution in [3.63, 3.8) is 0 Å². The number of aromatic nitrogens is 2. The van der Waals surface area contributed by atoms with Crippen LogP contribution >= 0.6 is 27.3 Å². The van der Waals surface area contributed by atoms with Gasteiger partial charge in [-0.15, -0.1) is 10.2 Å². The van der Waals surface area contributed by atoms with E-state index in [-0.39, 0.29) is 0 Å². The lowest BCUT2D eigenvalue weighted by atomic mass is 10.1. The Morgan fingerprint density at radius 2 is 2.05 bits per heavy atom. The molecule has 1 aromatic heterocycles. The van der Waals surface area contributed by atoms with Crippen molar-refractivity contribution in [2.24, 2.45) is 0 Å². The zero-order chi connectivity index (χ0) is 14.0. The fraction of sp³-hybridized carbons (Fsp3) is 0.273. The Morgan fingerprint density at radius 3 is 2.68 bits per heavy atom. The third-order valence-electron chi connectivity index (χ3n) is 2.32. The van der Waals surface area contributed by atoms with Gasteiger partial charge in [-0.25, -0.2) is 0 Å². The van der Waals surface area contributed by atoms with Crippen molar-refractivity contribution in [3.8, 4) is 10.6 Å². The molecule has 0 radical (unpaired) electrons. The van der Waals surface area contributed by atoms with Gasteiger partial charge in [-0.3, -0.25) is 0 Å². The fourth-order valence-electron chi connectivity index (χ4n) is 1.45. The maximum atomic E-state index is 12.7. The number of alkyl halides is 3. The van der Waals surface area contributed by atoms with E-state index in [1.807, 2.05) is 0 Å². The maximum absolute atomic E-state index is 12.7. The summed E-state index contributed by atoms with van der Waals surface area (Å²) in [4.78, 5) is 0. The molecule has 2 aromatic rings. The number of benzene rings is 1. The number of nitrogens with one attached hydrogen (secondary N) is 1. The summed E-state index contributed by atoms with van der Waals surface area (Å²) in [5.74, 6) is 0. The van der Waals surface area contributed by atoms with Crippen molar-refractivity contribution in [2.75, 3.05) is 7.05 Å². The van der Waals surface area contributed by atoms with Crippen molar-refractivity contribution >= 4 is 27.3 Å². The lowest BCUT2D eigenvalue weighted by Crippen LogP contribution is -2.04. The highest BCUT2D eigenvalue weighted by atomic mass is 79.9. The molecule has 102 valence electrons. The molecular formula is C11H9BrF3N3S. The molecule has 0 saturated heterocycles. The van der Waals surface area contributed by atoms with Gasteiger partial charge in [0, 0.05) is 16.6 Å². The second-order valence-electron chi connectivity index (χ2n) is 3.72. The molecule has 8 heteroatoms. The van der Waals surface area contributed by atoms with Crippen molar-refractivity contribution in [1.29, 1.82) is 0 Å². The molecule has 0 aliphatic rings. The topological polar surface area (TPSA) is 37.8 Å². The van der Waals surface area contributed by atoms with Gasteiger partial charge in [0.1, 0.15) is 10.0 Å². The standard InChI is InChI=1S/C11H9BrF3N3S/c1-16-5-9-17-18-10(19-9)7-4-6(11(13,14)15)2-3-8(7)12/h2-4,16H,5H2,1H3. The molecular weight excluding hydrogens is 343 g/mol. The number of halogens is 4. The zero-order valence-corrected chi connectivity index (χ0v) is 12.2. The van der Waals surface area contributed by atoms with E-state index in [1.165, 1.54) is 17.4 Å². The van der Waals surface area contributed by atoms with Crippen LogP contribution in [0.1, 0.15) is 10.6 Å². The summed E-state index contributed by atoms with van der Waals surface area (Å²) in [6.07, 6.45) is -4.37. The van der Waals surface area contributed by atoms with Crippen LogP contribution in [0.5, 0.6) is 0 Å². The van der Waals surface area contributed by atoms with Crippen molar-refractivity contribution in [3.05, 3.63) is 33.2 Å². The van der Waals surface area contributed by atoms with Gasteiger partial charge in [0.25, 0.3) is 0 Å². The summed E-state index contributed by atoms with van der Waals surface area (Å²) >= 11 is 4.50. The third kappa shape index (κ3) is 3.31. The normalized spacial score (nSPS) is 11.8. The smallest absolute Gasteiger partial charge is 0.313 e. The summed E-state index contributed by atoms with van der Waals surface area (Å²) < 4.78 is 38.6. The van der Waals surface area contributed by atoms with Gasteiger partial charge in [0.05, 0.1) is 5.56 Å². The number of nitrogens with zero attached hydrogens (tertiary/aromatic N) is 2. The van der Waals surface area contributed by atoms with Crippen molar-refractivity contribution in [2.45, 2.75) is 12.7 Å². The van der Waals surface area contributed by atoms with E-state index in [0.717, 1.165) is 17.1 Å². The number of hydrogen-bond acceptors (Lipinski definition) is 4. The van der Waals surface area contributed by atoms with Crippen LogP contribution in [0.25, 0.3) is 10.6 Å². The average molecular weight is 352 g/mol. The maximum Gasteiger partial charge on any atom is 0.416 e. The third-order valence-corrected chi connectivity index (χ3v) is 3.97. The minimum absolute atomic E-state index is 0.398. The van der Waals surface area contributed by atoms with E-state index >= 15 is 0 Å². The van der Waals surface area contributed by atoms with E-state index < -0.39 is 11.7 Å². The molecule has 0 atom stereocenters. The van der Waals surface area contributed by atoms with Crippen LogP contribution in [0, 0.1) is 0 Å². The first-order valence-electron chi connectivity index (χ1n) is 5.26. The first-order valence-corrected chi connectivity index (χ1v) is 6.87. The quantitative estimate of drug-likeness (QED) is 0.915. The number of hydrogen-bond donors (Lipinski definition) is 1. The summed E-state index contributed by atoms with van der Waals surface area (Å²) in [6, 6.07) is 3.48. The van der Waals surface area contributed by atoms with Crippen LogP contribution in [-0.2, 0) is 12.7 Å². The highest BCUT2D eigenvalue weighted by Crippen LogP contribution is 2.36. The average Bonchev–Trinajstić information content (AvgIpc) is 2.77. The van der Waals surface area contributed by atoms with Crippen LogP contribution in [0.2, 0.25) is 0 Å². The molecule has 1 aromatic carbocycles. The Hall–Kier alpha value is -0.990. The van der Waals surface area contributed by atoms with Crippen molar-refractivity contribution < 1.29 is 13.2 Å². The molecule has 1 heterocycles. The minimum atomic E-state index is -4.37.